The molecule has 0 bridgehead atoms. The number of amides is 3. The van der Waals surface area contributed by atoms with Gasteiger partial charge in [-0.05, 0) is 25.0 Å². The van der Waals surface area contributed by atoms with E-state index >= 15 is 0 Å². The van der Waals surface area contributed by atoms with E-state index in [2.05, 4.69) is 25.0 Å². The van der Waals surface area contributed by atoms with Crippen LogP contribution < -0.4 is 28.3 Å². The summed E-state index contributed by atoms with van der Waals surface area (Å²) in [6.07, 6.45) is 1.25. The Labute approximate surface area is 253 Å². The smallest absolute Gasteiger partial charge is 0.404 e. The van der Waals surface area contributed by atoms with Crippen LogP contribution in [0.3, 0.4) is 0 Å². The second-order valence-corrected chi connectivity index (χ2v) is 9.32. The first kappa shape index (κ1) is 41.2. The Morgan fingerprint density at radius 1 is 1.20 bits per heavy atom. The molecule has 248 valence electrons. The second kappa shape index (κ2) is 19.3. The quantitative estimate of drug-likeness (QED) is 0.0367. The van der Waals surface area contributed by atoms with Gasteiger partial charge in [0.15, 0.2) is 11.7 Å². The molecule has 1 fully saturated rings. The van der Waals surface area contributed by atoms with Gasteiger partial charge in [0, 0.05) is 17.9 Å². The van der Waals surface area contributed by atoms with E-state index in [0.29, 0.717) is 19.4 Å². The largest absolute Gasteiger partial charge is 0.480 e. The first-order valence-corrected chi connectivity index (χ1v) is 12.8. The van der Waals surface area contributed by atoms with E-state index in [0.717, 1.165) is 4.90 Å². The van der Waals surface area contributed by atoms with Crippen molar-refractivity contribution in [1.29, 1.82) is 0 Å². The van der Waals surface area contributed by atoms with Gasteiger partial charge in [0.2, 0.25) is 5.71 Å². The van der Waals surface area contributed by atoms with Gasteiger partial charge in [0.05, 0.1) is 6.26 Å². The van der Waals surface area contributed by atoms with Crippen molar-refractivity contribution >= 4 is 53.3 Å². The van der Waals surface area contributed by atoms with Crippen LogP contribution in [0.15, 0.2) is 44.2 Å². The van der Waals surface area contributed by atoms with Crippen molar-refractivity contribution in [3.63, 3.8) is 0 Å². The predicted molar refractivity (Wildman–Crippen MR) is 154 cm³/mol. The molecule has 0 unspecified atom stereocenters. The highest BCUT2D eigenvalue weighted by atomic mass is 32.2. The Hall–Kier alpha value is -4.90. The molecule has 3 atom stereocenters. The number of aliphatic carboxylic acids is 2. The lowest BCUT2D eigenvalue weighted by Gasteiger charge is -2.49. The van der Waals surface area contributed by atoms with Crippen molar-refractivity contribution in [2.45, 2.75) is 30.3 Å². The highest BCUT2D eigenvalue weighted by Crippen LogP contribution is 2.40. The van der Waals surface area contributed by atoms with Crippen molar-refractivity contribution in [3.05, 3.63) is 35.4 Å². The Morgan fingerprint density at radius 3 is 2.36 bits per heavy atom. The number of fused-ring (bicyclic) bond motifs is 1. The summed E-state index contributed by atoms with van der Waals surface area (Å²) in [6, 6.07) is 1.26. The van der Waals surface area contributed by atoms with E-state index in [9.17, 15) is 29.1 Å². The average molecular weight is 653 g/mol. The predicted octanol–water partition coefficient (Wildman–Crippen LogP) is -4.56. The summed E-state index contributed by atoms with van der Waals surface area (Å²) in [5.74, 6) is -3.37. The maximum atomic E-state index is 12.6. The summed E-state index contributed by atoms with van der Waals surface area (Å²) in [6.45, 7) is 0.0734. The van der Waals surface area contributed by atoms with Gasteiger partial charge in [-0.15, -0.1) is 11.8 Å². The SMILES string of the molecule is CO/N=C(/C(=O)N[C@@H]1C(=O)N2C(C(=O)O)=C(COC(N)=O)CS[C@H]12)c1ccco1.NC(N)=NCCC[C@H](N)C(=O)O.O.O.O. The molecule has 0 radical (unpaired) electrons. The minimum absolute atomic E-state index is 0. The molecular formula is C22H36N8O13S. The third-order valence-electron chi connectivity index (χ3n) is 5.36. The summed E-state index contributed by atoms with van der Waals surface area (Å²) in [7, 11) is 1.25. The molecule has 2 aliphatic heterocycles. The van der Waals surface area contributed by atoms with Gasteiger partial charge in [-0.2, -0.15) is 0 Å². The first-order valence-electron chi connectivity index (χ1n) is 11.7. The highest BCUT2D eigenvalue weighted by molar-refractivity contribution is 8.00. The minimum Gasteiger partial charge on any atom is -0.480 e. The number of primary amides is 1. The number of carboxylic acid groups (broad SMARTS) is 2. The highest BCUT2D eigenvalue weighted by Gasteiger charge is 2.54. The summed E-state index contributed by atoms with van der Waals surface area (Å²) in [5.41, 5.74) is 20.0. The zero-order chi connectivity index (χ0) is 30.7. The molecule has 1 aromatic heterocycles. The van der Waals surface area contributed by atoms with E-state index < -0.39 is 47.3 Å². The van der Waals surface area contributed by atoms with Gasteiger partial charge in [-0.3, -0.25) is 24.3 Å². The number of β-lactam (4-membered cyclic amide) rings is 1. The van der Waals surface area contributed by atoms with Gasteiger partial charge >= 0.3 is 18.0 Å². The summed E-state index contributed by atoms with van der Waals surface area (Å²) in [5, 5.41) is 23.4. The molecule has 1 aromatic rings. The number of hydrogen-bond acceptors (Lipinski definition) is 12. The number of thioether (sulfide) groups is 1. The number of carboxylic acids is 2. The molecule has 17 N–H and O–H groups in total. The second-order valence-electron chi connectivity index (χ2n) is 8.22. The number of aliphatic imine (C=N–C) groups is 1. The Bertz CT molecular complexity index is 1230. The maximum absolute atomic E-state index is 12.6. The lowest BCUT2D eigenvalue weighted by atomic mass is 10.0. The van der Waals surface area contributed by atoms with Crippen molar-refractivity contribution in [3.8, 4) is 0 Å². The molecule has 3 heterocycles. The number of carbonyl (C=O) groups is 5. The minimum atomic E-state index is -1.35. The number of nitrogens with zero attached hydrogens (tertiary/aromatic N) is 3. The van der Waals surface area contributed by atoms with Crippen LogP contribution in [0.5, 0.6) is 0 Å². The molecule has 0 saturated carbocycles. The molecule has 0 spiro atoms. The zero-order valence-corrected chi connectivity index (χ0v) is 24.0. The maximum Gasteiger partial charge on any atom is 0.404 e. The van der Waals surface area contributed by atoms with Gasteiger partial charge < -0.3 is 68.9 Å². The number of carbonyl (C=O) groups excluding carboxylic acids is 3. The van der Waals surface area contributed by atoms with Crippen LogP contribution in [0.25, 0.3) is 0 Å². The van der Waals surface area contributed by atoms with Gasteiger partial charge in [-0.25, -0.2) is 9.59 Å². The van der Waals surface area contributed by atoms with E-state index in [1.165, 1.54) is 31.2 Å². The number of nitrogens with two attached hydrogens (primary N) is 4. The zero-order valence-electron chi connectivity index (χ0n) is 23.2. The van der Waals surface area contributed by atoms with E-state index in [-0.39, 0.29) is 57.5 Å². The number of hydrogen-bond donors (Lipinski definition) is 7. The van der Waals surface area contributed by atoms with Crippen LogP contribution in [0, 0.1) is 0 Å². The van der Waals surface area contributed by atoms with Crippen molar-refractivity contribution in [2.24, 2.45) is 33.1 Å². The van der Waals surface area contributed by atoms with Crippen LogP contribution in [-0.4, -0.2) is 117 Å². The molecular weight excluding hydrogens is 616 g/mol. The Kier molecular flexibility index (Phi) is 18.1. The third-order valence-corrected chi connectivity index (χ3v) is 6.70. The fraction of sp³-hybridized carbons (Fsp3) is 0.409. The monoisotopic (exact) mass is 652 g/mol. The van der Waals surface area contributed by atoms with Gasteiger partial charge in [0.25, 0.3) is 11.8 Å². The average Bonchev–Trinajstić information content (AvgIpc) is 3.45. The van der Waals surface area contributed by atoms with Crippen LogP contribution >= 0.6 is 11.8 Å². The van der Waals surface area contributed by atoms with Gasteiger partial charge in [-0.1, -0.05) is 5.16 Å². The topological polar surface area (TPSA) is 396 Å². The fourth-order valence-electron chi connectivity index (χ4n) is 3.51. The molecule has 1 saturated heterocycles. The summed E-state index contributed by atoms with van der Waals surface area (Å²) >= 11 is 1.21. The molecule has 22 heteroatoms. The molecule has 0 aromatic carbocycles. The van der Waals surface area contributed by atoms with Crippen LogP contribution in [0.4, 0.5) is 4.79 Å². The molecule has 2 aliphatic rings. The normalized spacial score (nSPS) is 17.3. The van der Waals surface area contributed by atoms with Crippen LogP contribution in [0.2, 0.25) is 0 Å². The Morgan fingerprint density at radius 2 is 1.86 bits per heavy atom. The van der Waals surface area contributed by atoms with E-state index in [4.69, 9.17) is 32.5 Å². The number of rotatable bonds is 12. The Balaban J connectivity index is 0. The lowest BCUT2D eigenvalue weighted by Crippen LogP contribution is -2.71. The number of oxime groups is 1. The lowest BCUT2D eigenvalue weighted by molar-refractivity contribution is -0.150. The fourth-order valence-corrected chi connectivity index (χ4v) is 4.84. The molecule has 3 amide bonds. The summed E-state index contributed by atoms with van der Waals surface area (Å²) < 4.78 is 9.79. The number of guanidine groups is 1. The van der Waals surface area contributed by atoms with E-state index in [1.54, 1.807) is 6.07 Å². The van der Waals surface area contributed by atoms with Crippen LogP contribution in [-0.2, 0) is 28.8 Å². The van der Waals surface area contributed by atoms with Gasteiger partial charge in [0.1, 0.15) is 36.9 Å². The first-order chi connectivity index (χ1) is 19.4. The molecule has 3 rings (SSSR count). The van der Waals surface area contributed by atoms with Crippen molar-refractivity contribution < 1.29 is 64.6 Å². The standard InChI is InChI=1S/C16H16N4O8S.C6H14N4O2.3H2O/c1-26-19-9(8-3-2-4-27-8)12(21)18-10-13(22)20-11(15(23)24)7(5-28-16(17)25)6-29-14(10)20;7-4(5(11)12)2-1-3-10-6(8)9;;;/h2-4,10,14H,5-6H2,1H3,(H2,17,25)(H,18,21)(H,23,24);4H,1-3,7H2,(H,11,12)(H4,8,9,10);3*1H2/b19-9+;;;;/t10-,14-;4-;;;/m10.../s1. The third kappa shape index (κ3) is 11.1. The van der Waals surface area contributed by atoms with Crippen molar-refractivity contribution in [1.82, 2.24) is 10.2 Å². The number of nitrogens with one attached hydrogen (secondary N) is 1. The van der Waals surface area contributed by atoms with E-state index in [1.807, 2.05) is 0 Å². The molecule has 21 nitrogen and oxygen atoms in total. The molecule has 44 heavy (non-hydrogen) atoms. The van der Waals surface area contributed by atoms with Crippen LogP contribution in [0.1, 0.15) is 18.6 Å². The number of furan rings is 1. The van der Waals surface area contributed by atoms with Crippen molar-refractivity contribution in [2.75, 3.05) is 26.0 Å². The number of ether oxygens (including phenoxy) is 1. The molecule has 0 aliphatic carbocycles. The summed E-state index contributed by atoms with van der Waals surface area (Å²) in [4.78, 5) is 67.2.